The summed E-state index contributed by atoms with van der Waals surface area (Å²) in [5.41, 5.74) is 0.811. The van der Waals surface area contributed by atoms with E-state index in [2.05, 4.69) is 15.3 Å². The lowest BCUT2D eigenvalue weighted by Gasteiger charge is -2.13. The Morgan fingerprint density at radius 3 is 2.75 bits per heavy atom. The molecule has 0 fully saturated rings. The van der Waals surface area contributed by atoms with E-state index in [1.807, 2.05) is 20.2 Å². The fraction of sp³-hybridized carbons (Fsp3) is 0.273. The van der Waals surface area contributed by atoms with Gasteiger partial charge >= 0.3 is 0 Å². The normalized spacial score (nSPS) is 12.7. The van der Waals surface area contributed by atoms with Gasteiger partial charge in [-0.05, 0) is 25.6 Å². The zero-order chi connectivity index (χ0) is 11.5. The highest BCUT2D eigenvalue weighted by Gasteiger charge is 2.15. The lowest BCUT2D eigenvalue weighted by Crippen LogP contribution is -2.16. The van der Waals surface area contributed by atoms with E-state index in [0.29, 0.717) is 0 Å². The van der Waals surface area contributed by atoms with Crippen LogP contribution in [0.25, 0.3) is 0 Å². The average molecular weight is 237 g/mol. The Kier molecular flexibility index (Phi) is 3.26. The first-order valence-electron chi connectivity index (χ1n) is 4.90. The molecule has 0 saturated carbocycles. The Hall–Kier alpha value is -1.33. The molecule has 0 aliphatic carbocycles. The molecule has 2 aromatic rings. The highest BCUT2D eigenvalue weighted by atomic mass is 32.1. The second-order valence-electron chi connectivity index (χ2n) is 3.44. The van der Waals surface area contributed by atoms with E-state index >= 15 is 0 Å². The van der Waals surface area contributed by atoms with Crippen molar-refractivity contribution in [2.75, 3.05) is 7.05 Å². The van der Waals surface area contributed by atoms with E-state index in [4.69, 9.17) is 0 Å². The lowest BCUT2D eigenvalue weighted by molar-refractivity contribution is 0.610. The largest absolute Gasteiger partial charge is 0.309 e. The van der Waals surface area contributed by atoms with Gasteiger partial charge < -0.3 is 5.32 Å². The third kappa shape index (κ3) is 2.25. The van der Waals surface area contributed by atoms with Gasteiger partial charge in [-0.25, -0.2) is 9.37 Å². The molecule has 0 aliphatic heterocycles. The van der Waals surface area contributed by atoms with Crippen LogP contribution in [0, 0.1) is 12.7 Å². The van der Waals surface area contributed by atoms with Crippen LogP contribution >= 0.6 is 11.3 Å². The fourth-order valence-electron chi connectivity index (χ4n) is 1.57. The van der Waals surface area contributed by atoms with Gasteiger partial charge in [-0.3, -0.25) is 4.98 Å². The minimum atomic E-state index is -0.320. The van der Waals surface area contributed by atoms with E-state index in [1.54, 1.807) is 17.5 Å². The standard InChI is InChI=1S/C11H12FN3S/c1-7-15-6-10(16-7)11(13-2)8-3-9(12)5-14-4-8/h3-6,11,13H,1-2H3. The van der Waals surface area contributed by atoms with Crippen LogP contribution in [-0.4, -0.2) is 17.0 Å². The summed E-state index contributed by atoms with van der Waals surface area (Å²) >= 11 is 1.60. The van der Waals surface area contributed by atoms with Gasteiger partial charge in [0.05, 0.1) is 17.2 Å². The second-order valence-corrected chi connectivity index (χ2v) is 4.71. The van der Waals surface area contributed by atoms with Crippen molar-refractivity contribution in [1.29, 1.82) is 0 Å². The van der Waals surface area contributed by atoms with Crippen LogP contribution in [0.2, 0.25) is 0 Å². The van der Waals surface area contributed by atoms with Crippen LogP contribution < -0.4 is 5.32 Å². The van der Waals surface area contributed by atoms with Gasteiger partial charge in [0.2, 0.25) is 0 Å². The number of rotatable bonds is 3. The predicted molar refractivity (Wildman–Crippen MR) is 61.9 cm³/mol. The van der Waals surface area contributed by atoms with Gasteiger partial charge in [0.25, 0.3) is 0 Å². The van der Waals surface area contributed by atoms with Gasteiger partial charge in [0.1, 0.15) is 5.82 Å². The maximum absolute atomic E-state index is 13.1. The molecule has 2 rings (SSSR count). The Labute approximate surface area is 97.4 Å². The molecule has 1 atom stereocenters. The smallest absolute Gasteiger partial charge is 0.141 e. The number of aromatic nitrogens is 2. The Morgan fingerprint density at radius 1 is 1.38 bits per heavy atom. The molecular weight excluding hydrogens is 225 g/mol. The van der Waals surface area contributed by atoms with Gasteiger partial charge in [-0.2, -0.15) is 0 Å². The minimum Gasteiger partial charge on any atom is -0.309 e. The molecule has 0 aliphatic rings. The van der Waals surface area contributed by atoms with Gasteiger partial charge in [-0.1, -0.05) is 0 Å². The highest BCUT2D eigenvalue weighted by Crippen LogP contribution is 2.26. The number of hydrogen-bond acceptors (Lipinski definition) is 4. The molecule has 16 heavy (non-hydrogen) atoms. The number of pyridine rings is 1. The maximum atomic E-state index is 13.1. The van der Waals surface area contributed by atoms with Crippen LogP contribution in [0.15, 0.2) is 24.7 Å². The molecular formula is C11H12FN3S. The first kappa shape index (κ1) is 11.2. The summed E-state index contributed by atoms with van der Waals surface area (Å²) in [6.07, 6.45) is 4.68. The first-order chi connectivity index (χ1) is 7.70. The lowest BCUT2D eigenvalue weighted by atomic mass is 10.1. The summed E-state index contributed by atoms with van der Waals surface area (Å²) in [4.78, 5) is 9.11. The number of thiazole rings is 1. The average Bonchev–Trinajstić information content (AvgIpc) is 2.66. The van der Waals surface area contributed by atoms with E-state index in [9.17, 15) is 4.39 Å². The van der Waals surface area contributed by atoms with Crippen molar-refractivity contribution in [1.82, 2.24) is 15.3 Å². The van der Waals surface area contributed by atoms with Crippen LogP contribution in [0.3, 0.4) is 0 Å². The number of aryl methyl sites for hydroxylation is 1. The minimum absolute atomic E-state index is 0.0469. The van der Waals surface area contributed by atoms with Crippen molar-refractivity contribution >= 4 is 11.3 Å². The molecule has 0 spiro atoms. The molecule has 0 radical (unpaired) electrons. The predicted octanol–water partition coefficient (Wildman–Crippen LogP) is 2.29. The first-order valence-corrected chi connectivity index (χ1v) is 5.72. The van der Waals surface area contributed by atoms with Crippen molar-refractivity contribution in [2.45, 2.75) is 13.0 Å². The molecule has 3 nitrogen and oxygen atoms in total. The number of nitrogens with one attached hydrogen (secondary N) is 1. The summed E-state index contributed by atoms with van der Waals surface area (Å²) in [7, 11) is 1.84. The van der Waals surface area contributed by atoms with Crippen molar-refractivity contribution in [2.24, 2.45) is 0 Å². The zero-order valence-electron chi connectivity index (χ0n) is 9.07. The molecule has 0 amide bonds. The Bertz CT molecular complexity index is 484. The summed E-state index contributed by atoms with van der Waals surface area (Å²) < 4.78 is 13.1. The molecule has 1 N–H and O–H groups in total. The molecule has 2 aromatic heterocycles. The van der Waals surface area contributed by atoms with Crippen molar-refractivity contribution in [3.05, 3.63) is 45.9 Å². The van der Waals surface area contributed by atoms with Gasteiger partial charge in [0, 0.05) is 17.3 Å². The quantitative estimate of drug-likeness (QED) is 0.890. The van der Waals surface area contributed by atoms with Gasteiger partial charge in [-0.15, -0.1) is 11.3 Å². The van der Waals surface area contributed by atoms with E-state index in [0.717, 1.165) is 15.4 Å². The number of hydrogen-bond donors (Lipinski definition) is 1. The molecule has 2 heterocycles. The summed E-state index contributed by atoms with van der Waals surface area (Å²) in [6.45, 7) is 1.95. The molecule has 84 valence electrons. The fourth-order valence-corrected chi connectivity index (χ4v) is 2.49. The van der Waals surface area contributed by atoms with Crippen LogP contribution in [0.5, 0.6) is 0 Å². The van der Waals surface area contributed by atoms with Crippen LogP contribution in [0.1, 0.15) is 21.5 Å². The van der Waals surface area contributed by atoms with Crippen molar-refractivity contribution < 1.29 is 4.39 Å². The molecule has 0 aromatic carbocycles. The van der Waals surface area contributed by atoms with E-state index in [1.165, 1.54) is 12.3 Å². The summed E-state index contributed by atoms with van der Waals surface area (Å²) in [5, 5.41) is 4.14. The Morgan fingerprint density at radius 2 is 2.19 bits per heavy atom. The summed E-state index contributed by atoms with van der Waals surface area (Å²) in [6, 6.07) is 1.44. The zero-order valence-corrected chi connectivity index (χ0v) is 9.88. The highest BCUT2D eigenvalue weighted by molar-refractivity contribution is 7.11. The SMILES string of the molecule is CNC(c1cncc(F)c1)c1cnc(C)s1. The third-order valence-corrected chi connectivity index (χ3v) is 3.25. The van der Waals surface area contributed by atoms with Crippen molar-refractivity contribution in [3.63, 3.8) is 0 Å². The van der Waals surface area contributed by atoms with Crippen LogP contribution in [-0.2, 0) is 0 Å². The monoisotopic (exact) mass is 237 g/mol. The topological polar surface area (TPSA) is 37.8 Å². The Balaban J connectivity index is 2.36. The van der Waals surface area contributed by atoms with E-state index < -0.39 is 0 Å². The van der Waals surface area contributed by atoms with Crippen molar-refractivity contribution in [3.8, 4) is 0 Å². The number of halogens is 1. The molecule has 0 bridgehead atoms. The van der Waals surface area contributed by atoms with E-state index in [-0.39, 0.29) is 11.9 Å². The summed E-state index contributed by atoms with van der Waals surface area (Å²) in [5.74, 6) is -0.320. The molecule has 0 saturated heterocycles. The second kappa shape index (κ2) is 4.67. The maximum Gasteiger partial charge on any atom is 0.141 e. The number of nitrogens with zero attached hydrogens (tertiary/aromatic N) is 2. The van der Waals surface area contributed by atoms with Crippen LogP contribution in [0.4, 0.5) is 4.39 Å². The van der Waals surface area contributed by atoms with Gasteiger partial charge in [0.15, 0.2) is 0 Å². The molecule has 5 heteroatoms. The third-order valence-electron chi connectivity index (χ3n) is 2.27. The molecule has 1 unspecified atom stereocenters.